The predicted molar refractivity (Wildman–Crippen MR) is 69.7 cm³/mol. The van der Waals surface area contributed by atoms with Gasteiger partial charge < -0.3 is 14.6 Å². The van der Waals surface area contributed by atoms with E-state index in [1.165, 1.54) is 12.1 Å². The summed E-state index contributed by atoms with van der Waals surface area (Å²) >= 11 is 0. The van der Waals surface area contributed by atoms with E-state index in [1.54, 1.807) is 12.1 Å². The highest BCUT2D eigenvalue weighted by Gasteiger charge is 2.39. The molecule has 0 spiro atoms. The molecule has 2 aliphatic rings. The Hall–Kier alpha value is -1.88. The first kappa shape index (κ1) is 11.9. The normalized spacial score (nSPS) is 32.5. The van der Waals surface area contributed by atoms with E-state index in [0.29, 0.717) is 19.3 Å². The van der Waals surface area contributed by atoms with Crippen molar-refractivity contribution in [2.24, 2.45) is 0 Å². The van der Waals surface area contributed by atoms with E-state index in [1.807, 2.05) is 0 Å². The maximum Gasteiger partial charge on any atom is 0.339 e. The Kier molecular flexibility index (Phi) is 3.12. The number of carbonyl (C=O) groups is 2. The van der Waals surface area contributed by atoms with Crippen LogP contribution in [-0.2, 0) is 9.47 Å². The lowest BCUT2D eigenvalue weighted by molar-refractivity contribution is -0.0842. The summed E-state index contributed by atoms with van der Waals surface area (Å²) in [6, 6.07) is 5.86. The molecule has 1 N–H and O–H groups in total. The molecule has 2 bridgehead atoms. The first-order valence-electron chi connectivity index (χ1n) is 7.21. The van der Waals surface area contributed by atoms with Crippen LogP contribution in [0.5, 0.6) is 0 Å². The Bertz CT molecular complexity index is 587. The third-order valence-corrected chi connectivity index (χ3v) is 3.78. The zero-order valence-electron chi connectivity index (χ0n) is 11.9. The number of rotatable bonds is 3. The van der Waals surface area contributed by atoms with E-state index >= 15 is 0 Å². The Labute approximate surface area is 117 Å². The summed E-state index contributed by atoms with van der Waals surface area (Å²) in [6.07, 6.45) is 1.01. The van der Waals surface area contributed by atoms with Gasteiger partial charge in [-0.3, -0.25) is 0 Å². The average molecular weight is 277 g/mol. The molecule has 1 aromatic rings. The molecule has 1 aromatic carbocycles. The van der Waals surface area contributed by atoms with Crippen LogP contribution in [0, 0.1) is 0 Å². The van der Waals surface area contributed by atoms with Gasteiger partial charge >= 0.3 is 11.9 Å². The van der Waals surface area contributed by atoms with Crippen molar-refractivity contribution < 1.29 is 25.5 Å². The van der Waals surface area contributed by atoms with Crippen LogP contribution in [0.2, 0.25) is 0 Å². The number of carboxylic acid groups (broad SMARTS) is 1. The maximum absolute atomic E-state index is 12.3. The Balaban J connectivity index is 1.82. The standard InChI is InChI=1S/C15H16O5/c16-14(17)10-3-1-2-4-11(10)15(18)20-13-8-6-9-5-7-12(13)19-9/h1-4,9,12-13H,5-8H2,(H,16,17)/i13D. The average Bonchev–Trinajstić information content (AvgIpc) is 2.89. The van der Waals surface area contributed by atoms with Gasteiger partial charge in [0.25, 0.3) is 0 Å². The molecule has 2 fully saturated rings. The first-order valence-corrected chi connectivity index (χ1v) is 6.71. The fourth-order valence-corrected chi connectivity index (χ4v) is 2.76. The molecule has 3 atom stereocenters. The lowest BCUT2D eigenvalue weighted by Gasteiger charge is -2.29. The summed E-state index contributed by atoms with van der Waals surface area (Å²) in [4.78, 5) is 23.4. The highest BCUT2D eigenvalue weighted by Crippen LogP contribution is 2.34. The lowest BCUT2D eigenvalue weighted by Crippen LogP contribution is -2.36. The van der Waals surface area contributed by atoms with Gasteiger partial charge in [0.05, 0.1) is 24.7 Å². The topological polar surface area (TPSA) is 72.8 Å². The molecular formula is C15H16O5. The molecule has 106 valence electrons. The number of hydrogen-bond acceptors (Lipinski definition) is 4. The van der Waals surface area contributed by atoms with E-state index in [4.69, 9.17) is 16.0 Å². The second-order valence-corrected chi connectivity index (χ2v) is 5.07. The van der Waals surface area contributed by atoms with Gasteiger partial charge in [-0.25, -0.2) is 9.59 Å². The SMILES string of the molecule is [2H]C1(OC(=O)c2ccccc2C(=O)O)CCC2CCC1O2. The minimum atomic E-state index is -1.42. The van der Waals surface area contributed by atoms with Crippen molar-refractivity contribution in [1.29, 1.82) is 0 Å². The van der Waals surface area contributed by atoms with Crippen LogP contribution in [0.1, 0.15) is 47.8 Å². The van der Waals surface area contributed by atoms with Gasteiger partial charge in [-0.2, -0.15) is 0 Å². The second-order valence-electron chi connectivity index (χ2n) is 5.07. The van der Waals surface area contributed by atoms with Crippen molar-refractivity contribution in [2.45, 2.75) is 44.0 Å². The van der Waals surface area contributed by atoms with Crippen molar-refractivity contribution in [3.63, 3.8) is 0 Å². The molecule has 2 aliphatic heterocycles. The quantitative estimate of drug-likeness (QED) is 0.858. The van der Waals surface area contributed by atoms with E-state index in [0.717, 1.165) is 6.42 Å². The molecule has 0 amide bonds. The predicted octanol–water partition coefficient (Wildman–Crippen LogP) is 2.25. The zero-order chi connectivity index (χ0) is 15.0. The molecule has 20 heavy (non-hydrogen) atoms. The summed E-state index contributed by atoms with van der Waals surface area (Å²) in [7, 11) is 0. The summed E-state index contributed by atoms with van der Waals surface area (Å²) in [5.74, 6) is -1.97. The van der Waals surface area contributed by atoms with Crippen LogP contribution in [0.3, 0.4) is 0 Å². The van der Waals surface area contributed by atoms with Crippen molar-refractivity contribution in [2.75, 3.05) is 0 Å². The summed E-state index contributed by atoms with van der Waals surface area (Å²) in [5.41, 5.74) is -0.149. The largest absolute Gasteiger partial charge is 0.478 e. The van der Waals surface area contributed by atoms with E-state index < -0.39 is 24.1 Å². The Morgan fingerprint density at radius 3 is 2.65 bits per heavy atom. The maximum atomic E-state index is 12.3. The van der Waals surface area contributed by atoms with Crippen LogP contribution < -0.4 is 0 Å². The van der Waals surface area contributed by atoms with Crippen molar-refractivity contribution in [3.05, 3.63) is 35.4 Å². The number of aromatic carboxylic acids is 1. The van der Waals surface area contributed by atoms with Crippen LogP contribution in [-0.4, -0.2) is 35.3 Å². The fraction of sp³-hybridized carbons (Fsp3) is 0.467. The third-order valence-electron chi connectivity index (χ3n) is 3.78. The molecule has 0 saturated carbocycles. The molecule has 3 rings (SSSR count). The Morgan fingerprint density at radius 1 is 1.20 bits per heavy atom. The summed E-state index contributed by atoms with van der Waals surface area (Å²) in [5, 5.41) is 9.11. The fourth-order valence-electron chi connectivity index (χ4n) is 2.76. The molecule has 5 nitrogen and oxygen atoms in total. The van der Waals surface area contributed by atoms with E-state index in [9.17, 15) is 9.59 Å². The van der Waals surface area contributed by atoms with Gasteiger partial charge in [-0.05, 0) is 37.8 Å². The minimum Gasteiger partial charge on any atom is -0.478 e. The molecule has 5 heteroatoms. The summed E-state index contributed by atoms with van der Waals surface area (Å²) in [6.45, 7) is 0. The van der Waals surface area contributed by atoms with Crippen LogP contribution in [0.4, 0.5) is 0 Å². The van der Waals surface area contributed by atoms with E-state index in [-0.39, 0.29) is 17.2 Å². The van der Waals surface area contributed by atoms with Crippen molar-refractivity contribution in [3.8, 4) is 0 Å². The van der Waals surface area contributed by atoms with Gasteiger partial charge in [0, 0.05) is 0 Å². The number of carbonyl (C=O) groups excluding carboxylic acids is 1. The zero-order valence-corrected chi connectivity index (χ0v) is 10.9. The Morgan fingerprint density at radius 2 is 1.90 bits per heavy atom. The summed E-state index contributed by atoms with van der Waals surface area (Å²) < 4.78 is 19.3. The molecule has 2 saturated heterocycles. The van der Waals surface area contributed by atoms with Crippen LogP contribution >= 0.6 is 0 Å². The minimum absolute atomic E-state index is 0.0308. The molecule has 3 unspecified atom stereocenters. The lowest BCUT2D eigenvalue weighted by atomic mass is 10.1. The number of ether oxygens (including phenoxy) is 2. The highest BCUT2D eigenvalue weighted by atomic mass is 16.6. The molecular weight excluding hydrogens is 260 g/mol. The van der Waals surface area contributed by atoms with Gasteiger partial charge in [0.1, 0.15) is 6.08 Å². The van der Waals surface area contributed by atoms with Crippen molar-refractivity contribution in [1.82, 2.24) is 0 Å². The van der Waals surface area contributed by atoms with Gasteiger partial charge in [-0.1, -0.05) is 12.1 Å². The van der Waals surface area contributed by atoms with Crippen molar-refractivity contribution >= 4 is 11.9 Å². The van der Waals surface area contributed by atoms with E-state index in [2.05, 4.69) is 0 Å². The van der Waals surface area contributed by atoms with Crippen LogP contribution in [0.25, 0.3) is 0 Å². The molecule has 0 radical (unpaired) electrons. The molecule has 0 aliphatic carbocycles. The van der Waals surface area contributed by atoms with Gasteiger partial charge in [-0.15, -0.1) is 0 Å². The molecule has 2 heterocycles. The van der Waals surface area contributed by atoms with Gasteiger partial charge in [0.15, 0.2) is 0 Å². The van der Waals surface area contributed by atoms with Crippen LogP contribution in [0.15, 0.2) is 24.3 Å². The number of benzene rings is 1. The number of esters is 1. The first-order chi connectivity index (χ1) is 9.99. The smallest absolute Gasteiger partial charge is 0.339 e. The van der Waals surface area contributed by atoms with Gasteiger partial charge in [0.2, 0.25) is 0 Å². The number of carboxylic acids is 1. The number of hydrogen-bond donors (Lipinski definition) is 1. The monoisotopic (exact) mass is 277 g/mol. The number of fused-ring (bicyclic) bond motifs is 2. The molecule has 0 aromatic heterocycles. The highest BCUT2D eigenvalue weighted by molar-refractivity contribution is 6.02. The second kappa shape index (κ2) is 5.25. The third kappa shape index (κ3) is 2.41.